The van der Waals surface area contributed by atoms with E-state index < -0.39 is 7.87 Å². The molecule has 0 radical (unpaired) electrons. The molecule has 0 bridgehead atoms. The first kappa shape index (κ1) is 15.4. The van der Waals surface area contributed by atoms with Crippen LogP contribution < -0.4 is 0 Å². The molecule has 0 N–H and O–H groups in total. The van der Waals surface area contributed by atoms with Crippen molar-refractivity contribution >= 4 is 18.9 Å². The van der Waals surface area contributed by atoms with Crippen LogP contribution >= 0.6 is 11.1 Å². The molecule has 15 heavy (non-hydrogen) atoms. The van der Waals surface area contributed by atoms with Gasteiger partial charge in [-0.25, -0.2) is 0 Å². The van der Waals surface area contributed by atoms with Gasteiger partial charge in [0.1, 0.15) is 0 Å². The fourth-order valence-electron chi connectivity index (χ4n) is 1.42. The molecular weight excluding hydrogens is 228 g/mol. The fourth-order valence-corrected chi connectivity index (χ4v) is 4.36. The lowest BCUT2D eigenvalue weighted by Gasteiger charge is -2.23. The number of rotatable bonds is 10. The first-order chi connectivity index (χ1) is 7.18. The molecule has 0 heterocycles. The maximum atomic E-state index is 6.39. The van der Waals surface area contributed by atoms with E-state index in [-0.39, 0.29) is 0 Å². The van der Waals surface area contributed by atoms with Crippen LogP contribution in [0.2, 0.25) is 6.04 Å². The standard InChI is InChI=1S/C11H25ClO2Si/c1-4-7-8-9-11-15(12,13-6-3)14-10-5-2/h4-11H2,1-3H3. The van der Waals surface area contributed by atoms with E-state index >= 15 is 0 Å². The molecule has 0 aromatic carbocycles. The van der Waals surface area contributed by atoms with Crippen molar-refractivity contribution in [1.82, 2.24) is 0 Å². The molecule has 2 nitrogen and oxygen atoms in total. The fraction of sp³-hybridized carbons (Fsp3) is 1.00. The van der Waals surface area contributed by atoms with Crippen molar-refractivity contribution in [1.29, 1.82) is 0 Å². The maximum absolute atomic E-state index is 6.39. The van der Waals surface area contributed by atoms with Crippen LogP contribution in [0.1, 0.15) is 52.9 Å². The highest BCUT2D eigenvalue weighted by molar-refractivity contribution is 7.12. The van der Waals surface area contributed by atoms with Gasteiger partial charge in [0, 0.05) is 19.3 Å². The smallest absolute Gasteiger partial charge is 0.383 e. The summed E-state index contributed by atoms with van der Waals surface area (Å²) in [7, 11) is -2.35. The van der Waals surface area contributed by atoms with Gasteiger partial charge in [-0.1, -0.05) is 50.6 Å². The van der Waals surface area contributed by atoms with Crippen molar-refractivity contribution in [3.8, 4) is 0 Å². The lowest BCUT2D eigenvalue weighted by Crippen LogP contribution is -2.36. The Bertz CT molecular complexity index is 147. The van der Waals surface area contributed by atoms with Crippen LogP contribution in [0.25, 0.3) is 0 Å². The largest absolute Gasteiger partial charge is 0.443 e. The van der Waals surface area contributed by atoms with Crippen LogP contribution in [0.4, 0.5) is 0 Å². The number of hydrogen-bond acceptors (Lipinski definition) is 2. The van der Waals surface area contributed by atoms with E-state index in [1.165, 1.54) is 19.3 Å². The van der Waals surface area contributed by atoms with Gasteiger partial charge in [-0.05, 0) is 13.3 Å². The van der Waals surface area contributed by atoms with E-state index in [0.717, 1.165) is 25.5 Å². The summed E-state index contributed by atoms with van der Waals surface area (Å²) < 4.78 is 11.3. The van der Waals surface area contributed by atoms with Crippen LogP contribution in [-0.2, 0) is 8.85 Å². The predicted molar refractivity (Wildman–Crippen MR) is 68.4 cm³/mol. The van der Waals surface area contributed by atoms with Crippen LogP contribution in [0.3, 0.4) is 0 Å². The molecule has 0 rings (SSSR count). The Balaban J connectivity index is 3.78. The summed E-state index contributed by atoms with van der Waals surface area (Å²) in [6.45, 7) is 7.67. The van der Waals surface area contributed by atoms with Crippen LogP contribution in [0.5, 0.6) is 0 Å². The van der Waals surface area contributed by atoms with Gasteiger partial charge in [-0.3, -0.25) is 0 Å². The highest BCUT2D eigenvalue weighted by Gasteiger charge is 2.34. The summed E-state index contributed by atoms with van der Waals surface area (Å²) in [6, 6.07) is 0.919. The van der Waals surface area contributed by atoms with Gasteiger partial charge in [-0.15, -0.1) is 0 Å². The molecule has 0 spiro atoms. The summed E-state index contributed by atoms with van der Waals surface area (Å²) in [4.78, 5) is 0. The minimum Gasteiger partial charge on any atom is -0.383 e. The number of unbranched alkanes of at least 4 members (excludes halogenated alkanes) is 3. The van der Waals surface area contributed by atoms with Crippen molar-refractivity contribution in [2.45, 2.75) is 58.9 Å². The van der Waals surface area contributed by atoms with Crippen LogP contribution in [-0.4, -0.2) is 21.1 Å². The first-order valence-corrected chi connectivity index (χ1v) is 9.18. The Morgan fingerprint density at radius 3 is 2.20 bits per heavy atom. The van der Waals surface area contributed by atoms with E-state index in [2.05, 4.69) is 13.8 Å². The minimum atomic E-state index is -2.35. The summed E-state index contributed by atoms with van der Waals surface area (Å²) in [6.07, 6.45) is 5.90. The van der Waals surface area contributed by atoms with Crippen molar-refractivity contribution < 1.29 is 8.85 Å². The summed E-state index contributed by atoms with van der Waals surface area (Å²) in [5.74, 6) is 0. The third-order valence-corrected chi connectivity index (χ3v) is 5.74. The quantitative estimate of drug-likeness (QED) is 0.330. The van der Waals surface area contributed by atoms with Gasteiger partial charge in [0.2, 0.25) is 0 Å². The van der Waals surface area contributed by atoms with Crippen molar-refractivity contribution in [2.75, 3.05) is 13.2 Å². The second kappa shape index (κ2) is 9.64. The molecule has 0 amide bonds. The summed E-state index contributed by atoms with van der Waals surface area (Å²) >= 11 is 6.39. The zero-order valence-corrected chi connectivity index (χ0v) is 12.1. The van der Waals surface area contributed by atoms with Gasteiger partial charge in [-0.2, -0.15) is 0 Å². The average Bonchev–Trinajstić information content (AvgIpc) is 2.22. The van der Waals surface area contributed by atoms with Gasteiger partial charge < -0.3 is 8.85 Å². The molecule has 1 unspecified atom stereocenters. The Morgan fingerprint density at radius 1 is 0.933 bits per heavy atom. The molecule has 0 aromatic heterocycles. The molecule has 0 saturated carbocycles. The zero-order chi connectivity index (χ0) is 11.6. The topological polar surface area (TPSA) is 18.5 Å². The Kier molecular flexibility index (Phi) is 9.91. The second-order valence-electron chi connectivity index (χ2n) is 3.75. The van der Waals surface area contributed by atoms with E-state index in [1.54, 1.807) is 0 Å². The van der Waals surface area contributed by atoms with E-state index in [1.807, 2.05) is 6.92 Å². The minimum absolute atomic E-state index is 0.660. The van der Waals surface area contributed by atoms with Crippen LogP contribution in [0.15, 0.2) is 0 Å². The molecule has 0 aliphatic heterocycles. The average molecular weight is 253 g/mol. The molecule has 0 fully saturated rings. The van der Waals surface area contributed by atoms with Crippen molar-refractivity contribution in [3.05, 3.63) is 0 Å². The molecule has 4 heteroatoms. The lowest BCUT2D eigenvalue weighted by molar-refractivity contribution is 0.193. The normalized spacial score (nSPS) is 15.2. The molecule has 92 valence electrons. The molecule has 0 aromatic rings. The lowest BCUT2D eigenvalue weighted by atomic mass is 10.2. The highest BCUT2D eigenvalue weighted by atomic mass is 35.6. The molecule has 1 atom stereocenters. The molecule has 0 aliphatic carbocycles. The molecule has 0 aliphatic rings. The third-order valence-electron chi connectivity index (χ3n) is 2.21. The Labute approximate surface area is 100 Å². The third kappa shape index (κ3) is 8.26. The SMILES string of the molecule is CCCCCC[Si](Cl)(OCC)OCCC. The monoisotopic (exact) mass is 252 g/mol. The van der Waals surface area contributed by atoms with Gasteiger partial charge in [0.25, 0.3) is 0 Å². The Hall–Kier alpha value is 0.427. The van der Waals surface area contributed by atoms with Crippen LogP contribution in [0, 0.1) is 0 Å². The first-order valence-electron chi connectivity index (χ1n) is 6.15. The van der Waals surface area contributed by atoms with Crippen molar-refractivity contribution in [2.24, 2.45) is 0 Å². The second-order valence-corrected chi connectivity index (χ2v) is 7.88. The summed E-state index contributed by atoms with van der Waals surface area (Å²) in [5, 5.41) is 0. The Morgan fingerprint density at radius 2 is 1.67 bits per heavy atom. The molecule has 0 saturated heterocycles. The zero-order valence-electron chi connectivity index (χ0n) is 10.4. The maximum Gasteiger partial charge on any atom is 0.443 e. The van der Waals surface area contributed by atoms with Gasteiger partial charge in [0.05, 0.1) is 0 Å². The highest BCUT2D eigenvalue weighted by Crippen LogP contribution is 2.22. The number of hydrogen-bond donors (Lipinski definition) is 0. The predicted octanol–water partition coefficient (Wildman–Crippen LogP) is 4.21. The summed E-state index contributed by atoms with van der Waals surface area (Å²) in [5.41, 5.74) is 0. The molecular formula is C11H25ClO2Si. The van der Waals surface area contributed by atoms with E-state index in [0.29, 0.717) is 6.61 Å². The number of halogens is 1. The van der Waals surface area contributed by atoms with Gasteiger partial charge >= 0.3 is 7.87 Å². The van der Waals surface area contributed by atoms with Crippen molar-refractivity contribution in [3.63, 3.8) is 0 Å². The van der Waals surface area contributed by atoms with E-state index in [4.69, 9.17) is 19.9 Å². The van der Waals surface area contributed by atoms with E-state index in [9.17, 15) is 0 Å². The van der Waals surface area contributed by atoms with Gasteiger partial charge in [0.15, 0.2) is 0 Å².